The minimum absolute atomic E-state index is 0.0304. The molecule has 0 amide bonds. The van der Waals surface area contributed by atoms with Gasteiger partial charge in [0.2, 0.25) is 0 Å². The molecule has 0 saturated carbocycles. The second-order valence-corrected chi connectivity index (χ2v) is 6.22. The van der Waals surface area contributed by atoms with E-state index in [0.29, 0.717) is 23.6 Å². The van der Waals surface area contributed by atoms with E-state index in [-0.39, 0.29) is 6.04 Å². The second kappa shape index (κ2) is 8.34. The highest BCUT2D eigenvalue weighted by molar-refractivity contribution is 7.80. The van der Waals surface area contributed by atoms with Crippen LogP contribution in [0.2, 0.25) is 0 Å². The van der Waals surface area contributed by atoms with Crippen molar-refractivity contribution < 1.29 is 13.2 Å². The predicted molar refractivity (Wildman–Crippen MR) is 99.7 cm³/mol. The fourth-order valence-corrected chi connectivity index (χ4v) is 3.13. The van der Waals surface area contributed by atoms with Gasteiger partial charge in [-0.3, -0.25) is 0 Å². The highest BCUT2D eigenvalue weighted by Crippen LogP contribution is 2.30. The van der Waals surface area contributed by atoms with E-state index in [2.05, 4.69) is 5.32 Å². The first kappa shape index (κ1) is 19.2. The largest absolute Gasteiger partial charge is 0.416 e. The van der Waals surface area contributed by atoms with Crippen LogP contribution < -0.4 is 5.32 Å². The van der Waals surface area contributed by atoms with Crippen molar-refractivity contribution in [3.8, 4) is 0 Å². The maximum Gasteiger partial charge on any atom is 0.416 e. The van der Waals surface area contributed by atoms with Gasteiger partial charge in [0.15, 0.2) is 5.11 Å². The molecule has 0 heterocycles. The molecule has 0 unspecified atom stereocenters. The molecular formula is C19H21F3N2S. The third-order valence-electron chi connectivity index (χ3n) is 3.94. The van der Waals surface area contributed by atoms with Gasteiger partial charge in [-0.2, -0.15) is 13.2 Å². The Morgan fingerprint density at radius 1 is 1.12 bits per heavy atom. The number of nitrogens with one attached hydrogen (secondary N) is 1. The van der Waals surface area contributed by atoms with Crippen LogP contribution in [0.5, 0.6) is 0 Å². The highest BCUT2D eigenvalue weighted by Gasteiger charge is 2.30. The van der Waals surface area contributed by atoms with Crippen LogP contribution in [0.4, 0.5) is 18.9 Å². The summed E-state index contributed by atoms with van der Waals surface area (Å²) in [6.07, 6.45) is -3.85. The number of anilines is 1. The topological polar surface area (TPSA) is 15.3 Å². The number of likely N-dealkylation sites (N-methyl/N-ethyl adjacent to an activating group) is 1. The molecule has 2 nitrogen and oxygen atoms in total. The van der Waals surface area contributed by atoms with E-state index >= 15 is 0 Å². The fraction of sp³-hybridized carbons (Fsp3) is 0.316. The maximum atomic E-state index is 12.9. The van der Waals surface area contributed by atoms with Gasteiger partial charge in [0.25, 0.3) is 0 Å². The van der Waals surface area contributed by atoms with Crippen LogP contribution in [0.3, 0.4) is 0 Å². The number of alkyl halides is 3. The van der Waals surface area contributed by atoms with Gasteiger partial charge in [-0.05, 0) is 56.2 Å². The lowest BCUT2D eigenvalue weighted by atomic mass is 10.0. The Morgan fingerprint density at radius 3 is 2.40 bits per heavy atom. The molecule has 0 fully saturated rings. The number of rotatable bonds is 5. The van der Waals surface area contributed by atoms with E-state index in [1.54, 1.807) is 6.07 Å². The van der Waals surface area contributed by atoms with Crippen LogP contribution in [0.15, 0.2) is 54.6 Å². The van der Waals surface area contributed by atoms with Gasteiger partial charge < -0.3 is 10.2 Å². The van der Waals surface area contributed by atoms with Gasteiger partial charge in [-0.1, -0.05) is 36.4 Å². The van der Waals surface area contributed by atoms with Crippen molar-refractivity contribution >= 4 is 23.0 Å². The molecule has 2 aromatic rings. The van der Waals surface area contributed by atoms with Crippen LogP contribution in [-0.4, -0.2) is 22.6 Å². The molecule has 2 aromatic carbocycles. The maximum absolute atomic E-state index is 12.9. The van der Waals surface area contributed by atoms with Crippen molar-refractivity contribution in [2.24, 2.45) is 0 Å². The first-order valence-corrected chi connectivity index (χ1v) is 8.51. The molecule has 0 spiro atoms. The summed E-state index contributed by atoms with van der Waals surface area (Å²) in [7, 11) is 0. The molecule has 0 radical (unpaired) electrons. The van der Waals surface area contributed by atoms with Crippen LogP contribution in [0.25, 0.3) is 0 Å². The number of nitrogens with zero attached hydrogens (tertiary/aromatic N) is 1. The van der Waals surface area contributed by atoms with Gasteiger partial charge in [0.1, 0.15) is 0 Å². The zero-order valence-corrected chi connectivity index (χ0v) is 15.0. The molecule has 134 valence electrons. The van der Waals surface area contributed by atoms with Crippen molar-refractivity contribution in [2.45, 2.75) is 32.5 Å². The summed E-state index contributed by atoms with van der Waals surface area (Å²) in [4.78, 5) is 1.97. The van der Waals surface area contributed by atoms with Crippen molar-refractivity contribution in [3.05, 3.63) is 65.7 Å². The Kier molecular flexibility index (Phi) is 6.42. The molecule has 0 bridgehead atoms. The lowest BCUT2D eigenvalue weighted by Crippen LogP contribution is -2.42. The average molecular weight is 366 g/mol. The summed E-state index contributed by atoms with van der Waals surface area (Å²) in [5, 5.41) is 3.74. The highest BCUT2D eigenvalue weighted by atomic mass is 32.1. The number of hydrogen-bond donors (Lipinski definition) is 1. The first-order valence-electron chi connectivity index (χ1n) is 8.10. The summed E-state index contributed by atoms with van der Waals surface area (Å²) < 4.78 is 38.6. The van der Waals surface area contributed by atoms with Gasteiger partial charge in [-0.15, -0.1) is 0 Å². The van der Waals surface area contributed by atoms with E-state index in [9.17, 15) is 13.2 Å². The average Bonchev–Trinajstić information content (AvgIpc) is 2.56. The van der Waals surface area contributed by atoms with Crippen LogP contribution >= 0.6 is 12.2 Å². The zero-order chi connectivity index (χ0) is 18.4. The Morgan fingerprint density at radius 2 is 1.80 bits per heavy atom. The Bertz CT molecular complexity index is 701. The van der Waals surface area contributed by atoms with E-state index in [0.717, 1.165) is 11.8 Å². The molecule has 1 atom stereocenters. The number of thiocarbonyl (C=S) groups is 1. The van der Waals surface area contributed by atoms with Crippen molar-refractivity contribution in [2.75, 3.05) is 11.9 Å². The van der Waals surface area contributed by atoms with Gasteiger partial charge >= 0.3 is 6.18 Å². The zero-order valence-electron chi connectivity index (χ0n) is 14.2. The summed E-state index contributed by atoms with van der Waals surface area (Å²) in [6, 6.07) is 15.0. The van der Waals surface area contributed by atoms with Gasteiger partial charge in [0.05, 0.1) is 5.56 Å². The Balaban J connectivity index is 2.07. The van der Waals surface area contributed by atoms with Crippen molar-refractivity contribution in [1.29, 1.82) is 0 Å². The lowest BCUT2D eigenvalue weighted by Gasteiger charge is -2.31. The van der Waals surface area contributed by atoms with Crippen LogP contribution in [-0.2, 0) is 12.6 Å². The van der Waals surface area contributed by atoms with E-state index in [4.69, 9.17) is 12.2 Å². The monoisotopic (exact) mass is 366 g/mol. The standard InChI is InChI=1S/C19H21F3N2S/c1-3-24(18(25)23-17-10-5-4-6-11-17)14(2)12-15-8-7-9-16(13-15)19(20,21)22/h4-11,13-14H,3,12H2,1-2H3,(H,23,25)/t14-/m1/s1. The molecule has 2 rings (SSSR count). The molecule has 0 aliphatic carbocycles. The molecule has 0 saturated heterocycles. The predicted octanol–water partition coefficient (Wildman–Crippen LogP) is 5.36. The first-order chi connectivity index (χ1) is 11.8. The summed E-state index contributed by atoms with van der Waals surface area (Å²) in [5.41, 5.74) is 0.908. The molecule has 6 heteroatoms. The molecular weight excluding hydrogens is 345 g/mol. The lowest BCUT2D eigenvalue weighted by molar-refractivity contribution is -0.137. The van der Waals surface area contributed by atoms with E-state index in [1.807, 2.05) is 49.1 Å². The molecule has 0 aliphatic heterocycles. The summed E-state index contributed by atoms with van der Waals surface area (Å²) in [5.74, 6) is 0. The number of halogens is 3. The minimum atomic E-state index is -4.33. The number of para-hydroxylation sites is 1. The molecule has 0 aromatic heterocycles. The van der Waals surface area contributed by atoms with E-state index < -0.39 is 11.7 Å². The number of benzene rings is 2. The third-order valence-corrected chi connectivity index (χ3v) is 4.28. The molecule has 0 aliphatic rings. The van der Waals surface area contributed by atoms with Crippen molar-refractivity contribution in [3.63, 3.8) is 0 Å². The fourth-order valence-electron chi connectivity index (χ4n) is 2.70. The quantitative estimate of drug-likeness (QED) is 0.718. The SMILES string of the molecule is CCN(C(=S)Nc1ccccc1)[C@H](C)Cc1cccc(C(F)(F)F)c1. The Labute approximate surface area is 151 Å². The second-order valence-electron chi connectivity index (χ2n) is 5.83. The normalized spacial score (nSPS) is 12.5. The van der Waals surface area contributed by atoms with Gasteiger partial charge in [-0.25, -0.2) is 0 Å². The number of hydrogen-bond acceptors (Lipinski definition) is 1. The van der Waals surface area contributed by atoms with E-state index in [1.165, 1.54) is 12.1 Å². The molecule has 1 N–H and O–H groups in total. The molecule has 25 heavy (non-hydrogen) atoms. The minimum Gasteiger partial charge on any atom is -0.346 e. The Hall–Kier alpha value is -2.08. The van der Waals surface area contributed by atoms with Crippen LogP contribution in [0, 0.1) is 0 Å². The summed E-state index contributed by atoms with van der Waals surface area (Å²) >= 11 is 5.47. The third kappa shape index (κ3) is 5.46. The summed E-state index contributed by atoms with van der Waals surface area (Å²) in [6.45, 7) is 4.60. The van der Waals surface area contributed by atoms with Gasteiger partial charge in [0, 0.05) is 18.3 Å². The smallest absolute Gasteiger partial charge is 0.346 e. The van der Waals surface area contributed by atoms with Crippen LogP contribution in [0.1, 0.15) is 25.0 Å². The van der Waals surface area contributed by atoms with Crippen molar-refractivity contribution in [1.82, 2.24) is 4.90 Å².